The molecule has 0 amide bonds. The van der Waals surface area contributed by atoms with Crippen LogP contribution in [0.25, 0.3) is 0 Å². The summed E-state index contributed by atoms with van der Waals surface area (Å²) in [7, 11) is -3.13. The maximum Gasteiger partial charge on any atom is 0.214 e. The fraction of sp³-hybridized carbons (Fsp3) is 0.647. The van der Waals surface area contributed by atoms with Gasteiger partial charge in [-0.1, -0.05) is 31.5 Å². The fourth-order valence-corrected chi connectivity index (χ4v) is 4.40. The maximum atomic E-state index is 12.0. The highest BCUT2D eigenvalue weighted by Crippen LogP contribution is 2.25. The van der Waals surface area contributed by atoms with E-state index in [1.807, 2.05) is 6.07 Å². The van der Waals surface area contributed by atoms with Crippen LogP contribution < -0.4 is 10.5 Å². The summed E-state index contributed by atoms with van der Waals surface area (Å²) in [5, 5.41) is -0.176. The summed E-state index contributed by atoms with van der Waals surface area (Å²) in [6.07, 6.45) is 4.68. The molecule has 0 bridgehead atoms. The Hall–Kier alpha value is -0.910. The number of hydrogen-bond acceptors (Lipinski definition) is 3. The minimum Gasteiger partial charge on any atom is -0.330 e. The standard InChI is InChI=1S/C17H28N2O2S/c1-13(8-9-18)10-16-7-6-15(11-14(16)2)12-19-22(20,21)17-4-3-5-17/h6-7,11,13,17,19H,3-5,8-10,12,18H2,1-2H3. The number of hydrogen-bond donors (Lipinski definition) is 2. The van der Waals surface area contributed by atoms with Gasteiger partial charge in [-0.05, 0) is 61.8 Å². The van der Waals surface area contributed by atoms with Crippen LogP contribution in [0.1, 0.15) is 49.3 Å². The predicted octanol–water partition coefficient (Wildman–Crippen LogP) is 2.49. The van der Waals surface area contributed by atoms with E-state index in [-0.39, 0.29) is 5.25 Å². The number of benzene rings is 1. The third-order valence-electron chi connectivity index (χ3n) is 4.60. The van der Waals surface area contributed by atoms with Gasteiger partial charge >= 0.3 is 0 Å². The van der Waals surface area contributed by atoms with Crippen LogP contribution in [0.2, 0.25) is 0 Å². The van der Waals surface area contributed by atoms with Crippen LogP contribution in [0.3, 0.4) is 0 Å². The molecule has 1 aromatic rings. The van der Waals surface area contributed by atoms with Crippen LogP contribution >= 0.6 is 0 Å². The first kappa shape index (κ1) is 17.4. The molecule has 0 aliphatic heterocycles. The molecule has 1 saturated carbocycles. The average molecular weight is 324 g/mol. The highest BCUT2D eigenvalue weighted by Gasteiger charge is 2.30. The number of nitrogens with two attached hydrogens (primary N) is 1. The van der Waals surface area contributed by atoms with Gasteiger partial charge in [-0.2, -0.15) is 0 Å². The highest BCUT2D eigenvalue weighted by atomic mass is 32.2. The van der Waals surface area contributed by atoms with E-state index in [9.17, 15) is 8.42 Å². The summed E-state index contributed by atoms with van der Waals surface area (Å²) < 4.78 is 26.8. The van der Waals surface area contributed by atoms with Crippen LogP contribution in [-0.2, 0) is 23.0 Å². The SMILES string of the molecule is Cc1cc(CNS(=O)(=O)C2CCC2)ccc1CC(C)CCN. The summed E-state index contributed by atoms with van der Waals surface area (Å²) in [6.45, 7) is 5.42. The first-order chi connectivity index (χ1) is 10.4. The Labute approximate surface area is 134 Å². The molecule has 3 N–H and O–H groups in total. The molecule has 4 nitrogen and oxygen atoms in total. The summed E-state index contributed by atoms with van der Waals surface area (Å²) in [6, 6.07) is 6.24. The van der Waals surface area contributed by atoms with Crippen molar-refractivity contribution >= 4 is 10.0 Å². The van der Waals surface area contributed by atoms with Gasteiger partial charge in [-0.25, -0.2) is 13.1 Å². The second-order valence-corrected chi connectivity index (χ2v) is 8.61. The minimum absolute atomic E-state index is 0.176. The molecular formula is C17H28N2O2S. The van der Waals surface area contributed by atoms with Crippen LogP contribution in [0, 0.1) is 12.8 Å². The number of sulfonamides is 1. The molecule has 5 heteroatoms. The van der Waals surface area contributed by atoms with Gasteiger partial charge in [-0.3, -0.25) is 0 Å². The van der Waals surface area contributed by atoms with E-state index in [1.54, 1.807) is 0 Å². The normalized spacial score (nSPS) is 17.2. The van der Waals surface area contributed by atoms with E-state index < -0.39 is 10.0 Å². The lowest BCUT2D eigenvalue weighted by molar-refractivity contribution is 0.469. The molecule has 1 aromatic carbocycles. The molecule has 0 heterocycles. The van der Waals surface area contributed by atoms with Crippen molar-refractivity contribution < 1.29 is 8.42 Å². The van der Waals surface area contributed by atoms with Crippen molar-refractivity contribution in [3.63, 3.8) is 0 Å². The molecule has 0 saturated heterocycles. The van der Waals surface area contributed by atoms with Crippen LogP contribution in [0.5, 0.6) is 0 Å². The van der Waals surface area contributed by atoms with E-state index in [0.717, 1.165) is 44.2 Å². The van der Waals surface area contributed by atoms with Crippen LogP contribution in [0.4, 0.5) is 0 Å². The lowest BCUT2D eigenvalue weighted by Crippen LogP contribution is -2.38. The molecule has 1 aliphatic rings. The Balaban J connectivity index is 1.94. The lowest BCUT2D eigenvalue weighted by Gasteiger charge is -2.25. The van der Waals surface area contributed by atoms with Gasteiger partial charge in [0, 0.05) is 6.54 Å². The van der Waals surface area contributed by atoms with Crippen molar-refractivity contribution in [3.8, 4) is 0 Å². The van der Waals surface area contributed by atoms with E-state index in [0.29, 0.717) is 12.5 Å². The van der Waals surface area contributed by atoms with E-state index >= 15 is 0 Å². The number of rotatable bonds is 8. The average Bonchev–Trinajstić information content (AvgIpc) is 2.37. The van der Waals surface area contributed by atoms with Gasteiger partial charge in [-0.15, -0.1) is 0 Å². The molecule has 1 atom stereocenters. The van der Waals surface area contributed by atoms with Crippen molar-refractivity contribution in [2.45, 2.75) is 57.7 Å². The largest absolute Gasteiger partial charge is 0.330 e. The summed E-state index contributed by atoms with van der Waals surface area (Å²) in [4.78, 5) is 0. The Morgan fingerprint density at radius 2 is 2.09 bits per heavy atom. The zero-order valence-electron chi connectivity index (χ0n) is 13.6. The van der Waals surface area contributed by atoms with Gasteiger partial charge in [0.05, 0.1) is 5.25 Å². The third kappa shape index (κ3) is 4.54. The van der Waals surface area contributed by atoms with Gasteiger partial charge in [0.15, 0.2) is 0 Å². The smallest absolute Gasteiger partial charge is 0.214 e. The maximum absolute atomic E-state index is 12.0. The van der Waals surface area contributed by atoms with Crippen molar-refractivity contribution in [1.82, 2.24) is 4.72 Å². The van der Waals surface area contributed by atoms with E-state index in [1.165, 1.54) is 11.1 Å². The minimum atomic E-state index is -3.13. The second kappa shape index (κ2) is 7.57. The van der Waals surface area contributed by atoms with Crippen LogP contribution in [0.15, 0.2) is 18.2 Å². The molecule has 1 aliphatic carbocycles. The molecule has 124 valence electrons. The van der Waals surface area contributed by atoms with Gasteiger partial charge < -0.3 is 5.73 Å². The zero-order valence-corrected chi connectivity index (χ0v) is 14.5. The zero-order chi connectivity index (χ0) is 16.2. The predicted molar refractivity (Wildman–Crippen MR) is 91.1 cm³/mol. The summed E-state index contributed by atoms with van der Waals surface area (Å²) in [5.41, 5.74) is 9.18. The van der Waals surface area contributed by atoms with Crippen molar-refractivity contribution in [3.05, 3.63) is 34.9 Å². The van der Waals surface area contributed by atoms with Crippen molar-refractivity contribution in [2.75, 3.05) is 6.54 Å². The summed E-state index contributed by atoms with van der Waals surface area (Å²) >= 11 is 0. The topological polar surface area (TPSA) is 72.2 Å². The van der Waals surface area contributed by atoms with E-state index in [4.69, 9.17) is 5.73 Å². The molecule has 1 unspecified atom stereocenters. The Morgan fingerprint density at radius 1 is 1.36 bits per heavy atom. The van der Waals surface area contributed by atoms with E-state index in [2.05, 4.69) is 30.7 Å². The Bertz CT molecular complexity index is 595. The molecule has 2 rings (SSSR count). The molecular weight excluding hydrogens is 296 g/mol. The van der Waals surface area contributed by atoms with Crippen molar-refractivity contribution in [1.29, 1.82) is 0 Å². The third-order valence-corrected chi connectivity index (χ3v) is 6.50. The fourth-order valence-electron chi connectivity index (χ4n) is 2.84. The molecule has 1 fully saturated rings. The number of aryl methyl sites for hydroxylation is 1. The highest BCUT2D eigenvalue weighted by molar-refractivity contribution is 7.90. The first-order valence-corrected chi connectivity index (χ1v) is 9.74. The lowest BCUT2D eigenvalue weighted by atomic mass is 9.94. The Morgan fingerprint density at radius 3 is 2.64 bits per heavy atom. The number of nitrogens with one attached hydrogen (secondary N) is 1. The van der Waals surface area contributed by atoms with Crippen LogP contribution in [-0.4, -0.2) is 20.2 Å². The quantitative estimate of drug-likeness (QED) is 0.771. The molecule has 0 spiro atoms. The molecule has 0 radical (unpaired) electrons. The first-order valence-electron chi connectivity index (χ1n) is 8.19. The molecule has 0 aromatic heterocycles. The van der Waals surface area contributed by atoms with Gasteiger partial charge in [0.2, 0.25) is 10.0 Å². The monoisotopic (exact) mass is 324 g/mol. The van der Waals surface area contributed by atoms with Gasteiger partial charge in [0.1, 0.15) is 0 Å². The Kier molecular flexibility index (Phi) is 6.01. The van der Waals surface area contributed by atoms with Gasteiger partial charge in [0.25, 0.3) is 0 Å². The second-order valence-electron chi connectivity index (χ2n) is 6.57. The van der Waals surface area contributed by atoms with Crippen molar-refractivity contribution in [2.24, 2.45) is 11.7 Å². The molecule has 22 heavy (non-hydrogen) atoms. The summed E-state index contributed by atoms with van der Waals surface area (Å²) in [5.74, 6) is 0.576.